The molecule has 0 aliphatic carbocycles. The maximum atomic E-state index is 12.1. The summed E-state index contributed by atoms with van der Waals surface area (Å²) in [5.41, 5.74) is 6.73. The fourth-order valence-electron chi connectivity index (χ4n) is 2.43. The zero-order valence-electron chi connectivity index (χ0n) is 12.6. The molecule has 1 fully saturated rings. The Balaban J connectivity index is 1.85. The molecule has 0 aromatic heterocycles. The number of aryl methyl sites for hydroxylation is 1. The van der Waals surface area contributed by atoms with Crippen molar-refractivity contribution in [2.45, 2.75) is 19.8 Å². The van der Waals surface area contributed by atoms with Crippen LogP contribution in [-0.4, -0.2) is 42.4 Å². The lowest BCUT2D eigenvalue weighted by Crippen LogP contribution is -2.45. The predicted octanol–water partition coefficient (Wildman–Crippen LogP) is 0.876. The van der Waals surface area contributed by atoms with Crippen molar-refractivity contribution >= 4 is 17.8 Å². The van der Waals surface area contributed by atoms with E-state index in [4.69, 9.17) is 10.5 Å². The van der Waals surface area contributed by atoms with Crippen molar-refractivity contribution in [3.8, 4) is 0 Å². The fraction of sp³-hybridized carbons (Fsp3) is 0.438. The number of nitrogens with zero attached hydrogens (tertiary/aromatic N) is 1. The first kappa shape index (κ1) is 16.0. The molecule has 2 amide bonds. The number of hydrogen-bond donors (Lipinski definition) is 1. The van der Waals surface area contributed by atoms with Gasteiger partial charge in [0, 0.05) is 13.1 Å². The molecule has 0 saturated carbocycles. The normalized spacial score (nSPS) is 17.9. The minimum Gasteiger partial charge on any atom is -0.452 e. The van der Waals surface area contributed by atoms with Crippen molar-refractivity contribution in [3.63, 3.8) is 0 Å². The van der Waals surface area contributed by atoms with Crippen molar-refractivity contribution in [1.29, 1.82) is 0 Å². The molecule has 118 valence electrons. The SMILES string of the molecule is Cc1ccc(C(=O)OCC(=O)N2CCCC(C(N)=O)C2)cc1. The van der Waals surface area contributed by atoms with Gasteiger partial charge in [-0.05, 0) is 31.9 Å². The number of ether oxygens (including phenoxy) is 1. The van der Waals surface area contributed by atoms with Crippen LogP contribution in [0.4, 0.5) is 0 Å². The number of piperidine rings is 1. The molecule has 1 saturated heterocycles. The van der Waals surface area contributed by atoms with Gasteiger partial charge < -0.3 is 15.4 Å². The van der Waals surface area contributed by atoms with Gasteiger partial charge in [0.2, 0.25) is 5.91 Å². The van der Waals surface area contributed by atoms with E-state index in [9.17, 15) is 14.4 Å². The van der Waals surface area contributed by atoms with Crippen molar-refractivity contribution in [1.82, 2.24) is 4.90 Å². The molecule has 1 aliphatic heterocycles. The highest BCUT2D eigenvalue weighted by Gasteiger charge is 2.27. The van der Waals surface area contributed by atoms with Crippen LogP contribution in [0.3, 0.4) is 0 Å². The van der Waals surface area contributed by atoms with Gasteiger partial charge in [0.25, 0.3) is 5.91 Å². The van der Waals surface area contributed by atoms with Crippen LogP contribution in [0.5, 0.6) is 0 Å². The van der Waals surface area contributed by atoms with Gasteiger partial charge >= 0.3 is 5.97 Å². The van der Waals surface area contributed by atoms with E-state index in [1.807, 2.05) is 6.92 Å². The van der Waals surface area contributed by atoms with Gasteiger partial charge in [0.15, 0.2) is 6.61 Å². The number of amides is 2. The van der Waals surface area contributed by atoms with E-state index in [0.717, 1.165) is 12.0 Å². The average molecular weight is 304 g/mol. The Bertz CT molecular complexity index is 568. The fourth-order valence-corrected chi connectivity index (χ4v) is 2.43. The first-order valence-corrected chi connectivity index (χ1v) is 7.28. The molecule has 0 radical (unpaired) electrons. The number of carbonyl (C=O) groups excluding carboxylic acids is 3. The second-order valence-electron chi connectivity index (χ2n) is 5.52. The number of rotatable bonds is 4. The zero-order chi connectivity index (χ0) is 16.1. The highest BCUT2D eigenvalue weighted by Crippen LogP contribution is 2.16. The highest BCUT2D eigenvalue weighted by molar-refractivity contribution is 5.91. The van der Waals surface area contributed by atoms with Crippen LogP contribution in [0.15, 0.2) is 24.3 Å². The Labute approximate surface area is 129 Å². The maximum Gasteiger partial charge on any atom is 0.338 e. The Morgan fingerprint density at radius 1 is 1.27 bits per heavy atom. The Kier molecular flexibility index (Phi) is 5.14. The predicted molar refractivity (Wildman–Crippen MR) is 80.0 cm³/mol. The van der Waals surface area contributed by atoms with E-state index < -0.39 is 11.9 Å². The minimum atomic E-state index is -0.531. The van der Waals surface area contributed by atoms with E-state index in [1.165, 1.54) is 4.90 Å². The highest BCUT2D eigenvalue weighted by atomic mass is 16.5. The van der Waals surface area contributed by atoms with Crippen LogP contribution in [0, 0.1) is 12.8 Å². The van der Waals surface area contributed by atoms with Gasteiger partial charge in [-0.2, -0.15) is 0 Å². The quantitative estimate of drug-likeness (QED) is 0.836. The number of carbonyl (C=O) groups is 3. The molecule has 0 bridgehead atoms. The molecular formula is C16H20N2O4. The molecular weight excluding hydrogens is 284 g/mol. The average Bonchev–Trinajstić information content (AvgIpc) is 2.53. The van der Waals surface area contributed by atoms with E-state index in [-0.39, 0.29) is 18.4 Å². The Morgan fingerprint density at radius 2 is 1.95 bits per heavy atom. The van der Waals surface area contributed by atoms with Crippen LogP contribution in [0.25, 0.3) is 0 Å². The summed E-state index contributed by atoms with van der Waals surface area (Å²) in [7, 11) is 0. The first-order valence-electron chi connectivity index (χ1n) is 7.28. The van der Waals surface area contributed by atoms with Crippen molar-refractivity contribution < 1.29 is 19.1 Å². The van der Waals surface area contributed by atoms with E-state index in [0.29, 0.717) is 25.1 Å². The number of hydrogen-bond acceptors (Lipinski definition) is 4. The van der Waals surface area contributed by atoms with Crippen molar-refractivity contribution in [2.24, 2.45) is 11.7 Å². The molecule has 1 unspecified atom stereocenters. The number of primary amides is 1. The summed E-state index contributed by atoms with van der Waals surface area (Å²) in [4.78, 5) is 36.6. The lowest BCUT2D eigenvalue weighted by molar-refractivity contribution is -0.137. The molecule has 22 heavy (non-hydrogen) atoms. The Hall–Kier alpha value is -2.37. The van der Waals surface area contributed by atoms with Gasteiger partial charge in [-0.3, -0.25) is 9.59 Å². The van der Waals surface area contributed by atoms with Crippen LogP contribution >= 0.6 is 0 Å². The largest absolute Gasteiger partial charge is 0.452 e. The number of esters is 1. The summed E-state index contributed by atoms with van der Waals surface area (Å²) in [5, 5.41) is 0. The molecule has 6 heteroatoms. The lowest BCUT2D eigenvalue weighted by atomic mass is 9.97. The molecule has 2 N–H and O–H groups in total. The maximum absolute atomic E-state index is 12.1. The first-order chi connectivity index (χ1) is 10.5. The zero-order valence-corrected chi connectivity index (χ0v) is 12.6. The minimum absolute atomic E-state index is 0.300. The molecule has 1 atom stereocenters. The second kappa shape index (κ2) is 7.06. The van der Waals surface area contributed by atoms with Crippen molar-refractivity contribution in [3.05, 3.63) is 35.4 Å². The molecule has 0 spiro atoms. The summed E-state index contributed by atoms with van der Waals surface area (Å²) in [6.45, 7) is 2.46. The van der Waals surface area contributed by atoms with Gasteiger partial charge in [0.05, 0.1) is 11.5 Å². The second-order valence-corrected chi connectivity index (χ2v) is 5.52. The van der Waals surface area contributed by atoms with E-state index in [1.54, 1.807) is 24.3 Å². The molecule has 1 aromatic rings. The summed E-state index contributed by atoms with van der Waals surface area (Å²) >= 11 is 0. The number of likely N-dealkylation sites (tertiary alicyclic amines) is 1. The summed E-state index contributed by atoms with van der Waals surface area (Å²) in [6, 6.07) is 6.93. The van der Waals surface area contributed by atoms with Gasteiger partial charge in [0.1, 0.15) is 0 Å². The van der Waals surface area contributed by atoms with Crippen molar-refractivity contribution in [2.75, 3.05) is 19.7 Å². The molecule has 1 heterocycles. The third kappa shape index (κ3) is 4.07. The van der Waals surface area contributed by atoms with E-state index >= 15 is 0 Å². The third-order valence-corrected chi connectivity index (χ3v) is 3.79. The number of nitrogens with two attached hydrogens (primary N) is 1. The van der Waals surface area contributed by atoms with Crippen LogP contribution in [-0.2, 0) is 14.3 Å². The standard InChI is InChI=1S/C16H20N2O4/c1-11-4-6-12(7-5-11)16(21)22-10-14(19)18-8-2-3-13(9-18)15(17)20/h4-7,13H,2-3,8-10H2,1H3,(H2,17,20). The topological polar surface area (TPSA) is 89.7 Å². The smallest absolute Gasteiger partial charge is 0.338 e. The molecule has 2 rings (SSSR count). The van der Waals surface area contributed by atoms with E-state index in [2.05, 4.69) is 0 Å². The summed E-state index contributed by atoms with van der Waals surface area (Å²) in [5.74, 6) is -1.54. The van der Waals surface area contributed by atoms with Gasteiger partial charge in [-0.25, -0.2) is 4.79 Å². The van der Waals surface area contributed by atoms with Crippen LogP contribution in [0.1, 0.15) is 28.8 Å². The Morgan fingerprint density at radius 3 is 2.59 bits per heavy atom. The van der Waals surface area contributed by atoms with Crippen LogP contribution < -0.4 is 5.73 Å². The van der Waals surface area contributed by atoms with Gasteiger partial charge in [-0.1, -0.05) is 17.7 Å². The molecule has 1 aromatic carbocycles. The van der Waals surface area contributed by atoms with Crippen LogP contribution in [0.2, 0.25) is 0 Å². The lowest BCUT2D eigenvalue weighted by Gasteiger charge is -2.31. The number of benzene rings is 1. The summed E-state index contributed by atoms with van der Waals surface area (Å²) in [6.07, 6.45) is 1.42. The van der Waals surface area contributed by atoms with Gasteiger partial charge in [-0.15, -0.1) is 0 Å². The molecule has 1 aliphatic rings. The molecule has 6 nitrogen and oxygen atoms in total. The third-order valence-electron chi connectivity index (χ3n) is 3.79. The summed E-state index contributed by atoms with van der Waals surface area (Å²) < 4.78 is 5.03. The monoisotopic (exact) mass is 304 g/mol.